The molecule has 3 rings (SSSR count). The number of hydrogen-bond acceptors (Lipinski definition) is 2. The molecule has 2 nitrogen and oxygen atoms in total. The number of fused-ring (bicyclic) bond motifs is 1. The second kappa shape index (κ2) is 4.63. The third-order valence-corrected chi connectivity index (χ3v) is 5.23. The molecule has 0 spiro atoms. The molecule has 1 unspecified atom stereocenters. The molecule has 0 amide bonds. The second-order valence-electron chi connectivity index (χ2n) is 4.72. The van der Waals surface area contributed by atoms with Crippen molar-refractivity contribution in [2.45, 2.75) is 37.0 Å². The summed E-state index contributed by atoms with van der Waals surface area (Å²) in [6.07, 6.45) is 1.12. The molecule has 1 aliphatic rings. The van der Waals surface area contributed by atoms with Gasteiger partial charge in [0.15, 0.2) is 0 Å². The fourth-order valence-corrected chi connectivity index (χ4v) is 3.83. The Hall–Kier alpha value is -0.930. The topological polar surface area (TPSA) is 17.8 Å². The van der Waals surface area contributed by atoms with Gasteiger partial charge >= 0.3 is 0 Å². The molecule has 0 saturated carbocycles. The van der Waals surface area contributed by atoms with Crippen LogP contribution in [0.2, 0.25) is 5.02 Å². The van der Waals surface area contributed by atoms with E-state index < -0.39 is 0 Å². The Morgan fingerprint density at radius 3 is 2.83 bits per heavy atom. The van der Waals surface area contributed by atoms with Crippen LogP contribution < -0.4 is 0 Å². The summed E-state index contributed by atoms with van der Waals surface area (Å²) in [7, 11) is 0. The molecule has 2 heterocycles. The van der Waals surface area contributed by atoms with Gasteiger partial charge in [0.1, 0.15) is 0 Å². The number of rotatable bonds is 2. The average molecular weight is 279 g/mol. The molecule has 4 heteroatoms. The zero-order valence-electron chi connectivity index (χ0n) is 10.5. The molecular formula is C14H15ClN2S. The summed E-state index contributed by atoms with van der Waals surface area (Å²) in [5.41, 5.74) is 3.46. The number of halogens is 1. The van der Waals surface area contributed by atoms with Crippen molar-refractivity contribution in [2.24, 2.45) is 0 Å². The van der Waals surface area contributed by atoms with Crippen molar-refractivity contribution in [3.05, 3.63) is 46.2 Å². The molecule has 1 aromatic carbocycles. The molecule has 0 radical (unpaired) electrons. The minimum Gasteiger partial charge on any atom is -0.267 e. The number of benzene rings is 1. The number of thioether (sulfide) groups is 1. The minimum atomic E-state index is 0.566. The van der Waals surface area contributed by atoms with Crippen LogP contribution in [0.4, 0.5) is 0 Å². The van der Waals surface area contributed by atoms with Crippen molar-refractivity contribution in [3.63, 3.8) is 0 Å². The van der Waals surface area contributed by atoms with Crippen molar-refractivity contribution >= 4 is 23.4 Å². The first kappa shape index (κ1) is 12.1. The van der Waals surface area contributed by atoms with Gasteiger partial charge in [0, 0.05) is 10.1 Å². The molecule has 0 bridgehead atoms. The van der Waals surface area contributed by atoms with E-state index >= 15 is 0 Å². The molecule has 18 heavy (non-hydrogen) atoms. The second-order valence-corrected chi connectivity index (χ2v) is 6.44. The van der Waals surface area contributed by atoms with Gasteiger partial charge < -0.3 is 0 Å². The van der Waals surface area contributed by atoms with Crippen LogP contribution in [0.1, 0.15) is 17.0 Å². The number of aryl methyl sites for hydroxylation is 1. The standard InChI is InChI=1S/C14H15ClN2S/c1-9-14(15)10(2)17(16-9)8-12-7-11-5-3-4-6-13(11)18-12/h3-6,12H,7-8H2,1-2H3. The van der Waals surface area contributed by atoms with Gasteiger partial charge in [0.2, 0.25) is 0 Å². The lowest BCUT2D eigenvalue weighted by molar-refractivity contribution is 0.577. The summed E-state index contributed by atoms with van der Waals surface area (Å²) in [6.45, 7) is 4.93. The van der Waals surface area contributed by atoms with E-state index in [0.717, 1.165) is 29.4 Å². The number of aromatic nitrogens is 2. The summed E-state index contributed by atoms with van der Waals surface area (Å²) in [6, 6.07) is 8.64. The van der Waals surface area contributed by atoms with Crippen LogP contribution >= 0.6 is 23.4 Å². The first-order valence-corrected chi connectivity index (χ1v) is 7.35. The predicted molar refractivity (Wildman–Crippen MR) is 76.5 cm³/mol. The summed E-state index contributed by atoms with van der Waals surface area (Å²) in [5.74, 6) is 0. The van der Waals surface area contributed by atoms with Crippen molar-refractivity contribution in [3.8, 4) is 0 Å². The summed E-state index contributed by atoms with van der Waals surface area (Å²) in [5, 5.41) is 5.88. The van der Waals surface area contributed by atoms with Crippen LogP contribution in [0.15, 0.2) is 29.2 Å². The zero-order chi connectivity index (χ0) is 12.7. The van der Waals surface area contributed by atoms with E-state index in [1.54, 1.807) is 0 Å². The lowest BCUT2D eigenvalue weighted by Gasteiger charge is -2.10. The maximum atomic E-state index is 6.18. The summed E-state index contributed by atoms with van der Waals surface area (Å²) >= 11 is 8.13. The van der Waals surface area contributed by atoms with Crippen molar-refractivity contribution in [2.75, 3.05) is 0 Å². The minimum absolute atomic E-state index is 0.566. The van der Waals surface area contributed by atoms with E-state index in [1.165, 1.54) is 10.5 Å². The fraction of sp³-hybridized carbons (Fsp3) is 0.357. The van der Waals surface area contributed by atoms with Gasteiger partial charge in [-0.1, -0.05) is 29.8 Å². The normalized spacial score (nSPS) is 18.1. The van der Waals surface area contributed by atoms with Gasteiger partial charge in [0.05, 0.1) is 23.0 Å². The highest BCUT2D eigenvalue weighted by Crippen LogP contribution is 2.37. The molecule has 0 aliphatic carbocycles. The summed E-state index contributed by atoms with van der Waals surface area (Å²) in [4.78, 5) is 1.41. The van der Waals surface area contributed by atoms with Gasteiger partial charge in [-0.3, -0.25) is 4.68 Å². The molecule has 0 N–H and O–H groups in total. The third kappa shape index (κ3) is 2.06. The van der Waals surface area contributed by atoms with Crippen LogP contribution in [-0.4, -0.2) is 15.0 Å². The maximum absolute atomic E-state index is 6.18. The highest BCUT2D eigenvalue weighted by molar-refractivity contribution is 8.00. The highest BCUT2D eigenvalue weighted by Gasteiger charge is 2.23. The van der Waals surface area contributed by atoms with E-state index in [9.17, 15) is 0 Å². The summed E-state index contributed by atoms with van der Waals surface area (Å²) < 4.78 is 2.04. The first-order valence-electron chi connectivity index (χ1n) is 6.09. The molecule has 1 atom stereocenters. The Labute approximate surface area is 116 Å². The fourth-order valence-electron chi connectivity index (χ4n) is 2.40. The van der Waals surface area contributed by atoms with Crippen molar-refractivity contribution in [1.29, 1.82) is 0 Å². The molecular weight excluding hydrogens is 264 g/mol. The van der Waals surface area contributed by atoms with Gasteiger partial charge in [-0.2, -0.15) is 5.10 Å². The lowest BCUT2D eigenvalue weighted by atomic mass is 10.1. The smallest absolute Gasteiger partial charge is 0.0844 e. The van der Waals surface area contributed by atoms with Gasteiger partial charge in [-0.15, -0.1) is 11.8 Å². The Kier molecular flexibility index (Phi) is 3.12. The Morgan fingerprint density at radius 1 is 1.39 bits per heavy atom. The van der Waals surface area contributed by atoms with E-state index in [2.05, 4.69) is 29.4 Å². The molecule has 1 aromatic heterocycles. The Bertz CT molecular complexity index is 566. The van der Waals surface area contributed by atoms with Crippen LogP contribution in [-0.2, 0) is 13.0 Å². The van der Waals surface area contributed by atoms with Crippen LogP contribution in [0.5, 0.6) is 0 Å². The van der Waals surface area contributed by atoms with Gasteiger partial charge in [0.25, 0.3) is 0 Å². The van der Waals surface area contributed by atoms with E-state index in [4.69, 9.17) is 11.6 Å². The monoisotopic (exact) mass is 278 g/mol. The maximum Gasteiger partial charge on any atom is 0.0844 e. The average Bonchev–Trinajstić information content (AvgIpc) is 2.87. The van der Waals surface area contributed by atoms with Crippen LogP contribution in [0.3, 0.4) is 0 Å². The van der Waals surface area contributed by atoms with Gasteiger partial charge in [-0.25, -0.2) is 0 Å². The molecule has 94 valence electrons. The van der Waals surface area contributed by atoms with E-state index in [1.807, 2.05) is 30.3 Å². The van der Waals surface area contributed by atoms with Crippen LogP contribution in [0.25, 0.3) is 0 Å². The number of hydrogen-bond donors (Lipinski definition) is 0. The zero-order valence-corrected chi connectivity index (χ0v) is 12.1. The molecule has 0 fully saturated rings. The third-order valence-electron chi connectivity index (χ3n) is 3.38. The van der Waals surface area contributed by atoms with Crippen molar-refractivity contribution in [1.82, 2.24) is 9.78 Å². The molecule has 0 saturated heterocycles. The van der Waals surface area contributed by atoms with E-state index in [-0.39, 0.29) is 0 Å². The molecule has 2 aromatic rings. The molecule has 1 aliphatic heterocycles. The largest absolute Gasteiger partial charge is 0.267 e. The first-order chi connectivity index (χ1) is 8.65. The van der Waals surface area contributed by atoms with Crippen LogP contribution in [0, 0.1) is 13.8 Å². The van der Waals surface area contributed by atoms with E-state index in [0.29, 0.717) is 5.25 Å². The quantitative estimate of drug-likeness (QED) is 0.830. The lowest BCUT2D eigenvalue weighted by Crippen LogP contribution is -2.14. The Balaban J connectivity index is 1.78. The SMILES string of the molecule is Cc1nn(CC2Cc3ccccc3S2)c(C)c1Cl. The van der Waals surface area contributed by atoms with Gasteiger partial charge in [-0.05, 0) is 31.9 Å². The highest BCUT2D eigenvalue weighted by atomic mass is 35.5. The number of nitrogens with zero attached hydrogens (tertiary/aromatic N) is 2. The predicted octanol–water partition coefficient (Wildman–Crippen LogP) is 3.87. The van der Waals surface area contributed by atoms with Crippen molar-refractivity contribution < 1.29 is 0 Å². The Morgan fingerprint density at radius 2 is 2.17 bits per heavy atom.